The molecule has 0 spiro atoms. The highest BCUT2D eigenvalue weighted by Crippen LogP contribution is 2.19. The topological polar surface area (TPSA) is 43.2 Å². The number of nitrogens with zero attached hydrogens (tertiary/aromatic N) is 4. The van der Waals surface area contributed by atoms with Gasteiger partial charge in [-0.2, -0.15) is 5.26 Å². The first-order valence-corrected chi connectivity index (χ1v) is 5.95. The van der Waals surface area contributed by atoms with E-state index < -0.39 is 0 Å². The molecule has 1 aromatic rings. The fourth-order valence-corrected chi connectivity index (χ4v) is 2.23. The van der Waals surface area contributed by atoms with Gasteiger partial charge in [0.25, 0.3) is 0 Å². The quantitative estimate of drug-likeness (QED) is 0.733. The van der Waals surface area contributed by atoms with Crippen molar-refractivity contribution in [2.24, 2.45) is 0 Å². The van der Waals surface area contributed by atoms with E-state index >= 15 is 0 Å². The molecule has 90 valence electrons. The molecule has 1 aliphatic rings. The molecule has 1 fully saturated rings. The van der Waals surface area contributed by atoms with Gasteiger partial charge in [0, 0.05) is 31.4 Å². The highest BCUT2D eigenvalue weighted by Gasteiger charge is 2.26. The number of hydrogen-bond acceptors (Lipinski definition) is 4. The van der Waals surface area contributed by atoms with Crippen LogP contribution in [0.15, 0.2) is 18.3 Å². The molecule has 2 heterocycles. The number of aromatic nitrogens is 1. The monoisotopic (exact) mass is 230 g/mol. The zero-order chi connectivity index (χ0) is 12.4. The van der Waals surface area contributed by atoms with E-state index in [0.29, 0.717) is 17.6 Å². The first kappa shape index (κ1) is 11.9. The van der Waals surface area contributed by atoms with Crippen molar-refractivity contribution < 1.29 is 0 Å². The van der Waals surface area contributed by atoms with Gasteiger partial charge in [0.1, 0.15) is 11.9 Å². The molecule has 1 saturated heterocycles. The molecule has 0 saturated carbocycles. The number of hydrogen-bond donors (Lipinski definition) is 0. The van der Waals surface area contributed by atoms with Gasteiger partial charge in [-0.3, -0.25) is 4.90 Å². The van der Waals surface area contributed by atoms with Crippen LogP contribution < -0.4 is 4.90 Å². The molecule has 4 nitrogen and oxygen atoms in total. The predicted molar refractivity (Wildman–Crippen MR) is 67.9 cm³/mol. The van der Waals surface area contributed by atoms with Crippen molar-refractivity contribution in [1.82, 2.24) is 9.88 Å². The molecule has 17 heavy (non-hydrogen) atoms. The Balaban J connectivity index is 2.15. The Morgan fingerprint density at radius 2 is 1.94 bits per heavy atom. The minimum absolute atomic E-state index is 0.524. The Labute approximate surface area is 102 Å². The summed E-state index contributed by atoms with van der Waals surface area (Å²) in [6.07, 6.45) is 1.64. The second kappa shape index (κ2) is 4.72. The van der Waals surface area contributed by atoms with Crippen LogP contribution in [0.2, 0.25) is 0 Å². The van der Waals surface area contributed by atoms with E-state index in [1.54, 1.807) is 6.20 Å². The summed E-state index contributed by atoms with van der Waals surface area (Å²) in [5.74, 6) is 0.968. The van der Waals surface area contributed by atoms with Gasteiger partial charge in [-0.1, -0.05) is 0 Å². The minimum Gasteiger partial charge on any atom is -0.354 e. The number of piperazine rings is 1. The maximum Gasteiger partial charge on any atom is 0.128 e. The molecule has 2 atom stereocenters. The Morgan fingerprint density at radius 3 is 2.41 bits per heavy atom. The third-order valence-electron chi connectivity index (χ3n) is 3.56. The number of likely N-dealkylation sites (N-methyl/N-ethyl adjacent to an activating group) is 1. The van der Waals surface area contributed by atoms with Gasteiger partial charge in [-0.15, -0.1) is 0 Å². The van der Waals surface area contributed by atoms with Crippen LogP contribution >= 0.6 is 0 Å². The number of nitriles is 1. The smallest absolute Gasteiger partial charge is 0.128 e. The lowest BCUT2D eigenvalue weighted by molar-refractivity contribution is 0.169. The van der Waals surface area contributed by atoms with Gasteiger partial charge in [0.2, 0.25) is 0 Å². The molecule has 0 bridgehead atoms. The van der Waals surface area contributed by atoms with Crippen LogP contribution in [0.1, 0.15) is 19.4 Å². The maximum atomic E-state index is 8.75. The van der Waals surface area contributed by atoms with Crippen molar-refractivity contribution in [3.8, 4) is 6.07 Å². The van der Waals surface area contributed by atoms with Gasteiger partial charge in [0.15, 0.2) is 0 Å². The van der Waals surface area contributed by atoms with E-state index in [-0.39, 0.29) is 0 Å². The summed E-state index contributed by atoms with van der Waals surface area (Å²) in [7, 11) is 2.17. The lowest BCUT2D eigenvalue weighted by Gasteiger charge is -2.42. The second-order valence-corrected chi connectivity index (χ2v) is 4.79. The zero-order valence-electron chi connectivity index (χ0n) is 10.6. The van der Waals surface area contributed by atoms with Crippen molar-refractivity contribution in [1.29, 1.82) is 5.26 Å². The van der Waals surface area contributed by atoms with E-state index in [2.05, 4.69) is 41.7 Å². The van der Waals surface area contributed by atoms with Crippen molar-refractivity contribution in [3.63, 3.8) is 0 Å². The molecule has 0 radical (unpaired) electrons. The molecule has 2 rings (SSSR count). The first-order valence-electron chi connectivity index (χ1n) is 5.95. The molecule has 2 unspecified atom stereocenters. The third-order valence-corrected chi connectivity index (χ3v) is 3.56. The molecule has 1 aromatic heterocycles. The normalized spacial score (nSPS) is 25.6. The van der Waals surface area contributed by atoms with Gasteiger partial charge in [-0.05, 0) is 33.0 Å². The van der Waals surface area contributed by atoms with E-state index in [9.17, 15) is 0 Å². The lowest BCUT2D eigenvalue weighted by atomic mass is 10.1. The summed E-state index contributed by atoms with van der Waals surface area (Å²) in [5.41, 5.74) is 0.615. The van der Waals surface area contributed by atoms with Crippen molar-refractivity contribution in [3.05, 3.63) is 23.9 Å². The predicted octanol–water partition coefficient (Wildman–Crippen LogP) is 1.48. The van der Waals surface area contributed by atoms with Gasteiger partial charge >= 0.3 is 0 Å². The van der Waals surface area contributed by atoms with Crippen LogP contribution in [0.3, 0.4) is 0 Å². The molecule has 0 aliphatic carbocycles. The summed E-state index contributed by atoms with van der Waals surface area (Å²) >= 11 is 0. The molecule has 1 aliphatic heterocycles. The summed E-state index contributed by atoms with van der Waals surface area (Å²) in [5, 5.41) is 8.75. The number of rotatable bonds is 1. The van der Waals surface area contributed by atoms with Crippen LogP contribution in [0.4, 0.5) is 5.82 Å². The molecular formula is C13H18N4. The standard InChI is InChI=1S/C13H18N4/c1-10-8-17(9-11(2)16(10)3)13-5-4-12(6-14)7-15-13/h4-5,7,10-11H,8-9H2,1-3H3. The van der Waals surface area contributed by atoms with Crippen molar-refractivity contribution in [2.45, 2.75) is 25.9 Å². The molecule has 0 N–H and O–H groups in total. The van der Waals surface area contributed by atoms with E-state index in [0.717, 1.165) is 18.9 Å². The van der Waals surface area contributed by atoms with Crippen LogP contribution in [0, 0.1) is 11.3 Å². The van der Waals surface area contributed by atoms with Gasteiger partial charge in [0.05, 0.1) is 5.56 Å². The fourth-order valence-electron chi connectivity index (χ4n) is 2.23. The van der Waals surface area contributed by atoms with Gasteiger partial charge < -0.3 is 4.90 Å². The zero-order valence-corrected chi connectivity index (χ0v) is 10.6. The summed E-state index contributed by atoms with van der Waals surface area (Å²) in [6, 6.07) is 6.90. The van der Waals surface area contributed by atoms with Crippen molar-refractivity contribution >= 4 is 5.82 Å². The van der Waals surface area contributed by atoms with Crippen LogP contribution in [0.25, 0.3) is 0 Å². The highest BCUT2D eigenvalue weighted by molar-refractivity contribution is 5.42. The lowest BCUT2D eigenvalue weighted by Crippen LogP contribution is -2.55. The summed E-state index contributed by atoms with van der Waals surface area (Å²) in [4.78, 5) is 9.03. The largest absolute Gasteiger partial charge is 0.354 e. The second-order valence-electron chi connectivity index (χ2n) is 4.79. The minimum atomic E-state index is 0.524. The Bertz CT molecular complexity index is 408. The van der Waals surface area contributed by atoms with E-state index in [1.807, 2.05) is 12.1 Å². The van der Waals surface area contributed by atoms with Crippen molar-refractivity contribution in [2.75, 3.05) is 25.0 Å². The molecule has 0 amide bonds. The molecule has 0 aromatic carbocycles. The summed E-state index contributed by atoms with van der Waals surface area (Å²) < 4.78 is 0. The average molecular weight is 230 g/mol. The molecule has 4 heteroatoms. The van der Waals surface area contributed by atoms with Gasteiger partial charge in [-0.25, -0.2) is 4.98 Å². The summed E-state index contributed by atoms with van der Waals surface area (Å²) in [6.45, 7) is 6.43. The molecular weight excluding hydrogens is 212 g/mol. The van der Waals surface area contributed by atoms with Crippen LogP contribution in [-0.2, 0) is 0 Å². The van der Waals surface area contributed by atoms with Crippen LogP contribution in [0.5, 0.6) is 0 Å². The van der Waals surface area contributed by atoms with E-state index in [4.69, 9.17) is 5.26 Å². The van der Waals surface area contributed by atoms with Crippen LogP contribution in [-0.4, -0.2) is 42.1 Å². The Kier molecular flexibility index (Phi) is 3.30. The Hall–Kier alpha value is -1.60. The average Bonchev–Trinajstić information content (AvgIpc) is 2.35. The Morgan fingerprint density at radius 1 is 1.29 bits per heavy atom. The highest BCUT2D eigenvalue weighted by atomic mass is 15.3. The fraction of sp³-hybridized carbons (Fsp3) is 0.538. The SMILES string of the molecule is CC1CN(c2ccc(C#N)cn2)CC(C)N1C. The first-order chi connectivity index (χ1) is 8.11. The third kappa shape index (κ3) is 2.40. The van der Waals surface area contributed by atoms with E-state index in [1.165, 1.54) is 0 Å². The maximum absolute atomic E-state index is 8.75. The number of pyridine rings is 1. The number of anilines is 1.